The van der Waals surface area contributed by atoms with Crippen molar-refractivity contribution in [3.63, 3.8) is 0 Å². The van der Waals surface area contributed by atoms with E-state index >= 15 is 0 Å². The number of benzene rings is 2. The third-order valence-corrected chi connectivity index (χ3v) is 5.66. The molecule has 2 unspecified atom stereocenters. The molecule has 0 radical (unpaired) electrons. The average molecular weight is 380 g/mol. The van der Waals surface area contributed by atoms with Crippen molar-refractivity contribution in [2.24, 2.45) is 0 Å². The Morgan fingerprint density at radius 1 is 1.04 bits per heavy atom. The van der Waals surface area contributed by atoms with Crippen LogP contribution >= 0.6 is 0 Å². The molecule has 2 aromatic rings. The first-order valence-electron chi connectivity index (χ1n) is 9.89. The lowest BCUT2D eigenvalue weighted by molar-refractivity contribution is -0.133. The maximum absolute atomic E-state index is 13.0. The number of ether oxygens (including phenoxy) is 1. The maximum atomic E-state index is 13.0. The largest absolute Gasteiger partial charge is 0.497 e. The van der Waals surface area contributed by atoms with Crippen molar-refractivity contribution in [1.82, 2.24) is 15.8 Å². The number of hydrogen-bond donors (Lipinski definition) is 2. The summed E-state index contributed by atoms with van der Waals surface area (Å²) in [5.41, 5.74) is 10.1. The van der Waals surface area contributed by atoms with Gasteiger partial charge in [0.25, 0.3) is 0 Å². The van der Waals surface area contributed by atoms with Gasteiger partial charge in [-0.2, -0.15) is 0 Å². The van der Waals surface area contributed by atoms with Crippen molar-refractivity contribution in [2.45, 2.75) is 25.4 Å². The molecular formula is C22H28N4O2. The van der Waals surface area contributed by atoms with Crippen molar-refractivity contribution >= 4 is 11.6 Å². The van der Waals surface area contributed by atoms with Crippen LogP contribution in [0.3, 0.4) is 0 Å². The Morgan fingerprint density at radius 2 is 1.82 bits per heavy atom. The predicted octanol–water partition coefficient (Wildman–Crippen LogP) is 2.26. The van der Waals surface area contributed by atoms with Gasteiger partial charge in [0.15, 0.2) is 0 Å². The Bertz CT molecular complexity index is 833. The highest BCUT2D eigenvalue weighted by Crippen LogP contribution is 2.26. The number of carbonyl (C=O) groups excluding carboxylic acids is 1. The monoisotopic (exact) mass is 380 g/mol. The fourth-order valence-corrected chi connectivity index (χ4v) is 4.03. The van der Waals surface area contributed by atoms with Crippen LogP contribution in [0.25, 0.3) is 0 Å². The van der Waals surface area contributed by atoms with Crippen LogP contribution in [0.2, 0.25) is 0 Å². The van der Waals surface area contributed by atoms with Gasteiger partial charge < -0.3 is 14.5 Å². The first-order chi connectivity index (χ1) is 13.6. The highest BCUT2D eigenvalue weighted by Gasteiger charge is 2.34. The standard InChI is InChI=1S/C22H28N4O2/c1-16-5-3-7-18(13-16)25-9-11-26(12-10-25)22(27)21-15-20(23-24-21)17-6-4-8-19(14-17)28-2/h3-8,13-14,20-21,23-24H,9-12,15H2,1-2H3. The van der Waals surface area contributed by atoms with Crippen molar-refractivity contribution in [3.05, 3.63) is 59.7 Å². The van der Waals surface area contributed by atoms with Gasteiger partial charge in [0.2, 0.25) is 5.91 Å². The molecule has 0 spiro atoms. The third-order valence-electron chi connectivity index (χ3n) is 5.66. The topological polar surface area (TPSA) is 56.8 Å². The number of hydrazine groups is 1. The summed E-state index contributed by atoms with van der Waals surface area (Å²) in [4.78, 5) is 17.3. The SMILES string of the molecule is COc1cccc(C2CC(C(=O)N3CCN(c4cccc(C)c4)CC3)NN2)c1. The van der Waals surface area contributed by atoms with Crippen molar-refractivity contribution < 1.29 is 9.53 Å². The Hall–Kier alpha value is -2.57. The van der Waals surface area contributed by atoms with Gasteiger partial charge in [0.05, 0.1) is 7.11 Å². The Kier molecular flexibility index (Phi) is 5.50. The number of methoxy groups -OCH3 is 1. The summed E-state index contributed by atoms with van der Waals surface area (Å²) in [7, 11) is 1.67. The Labute approximate surface area is 166 Å². The minimum Gasteiger partial charge on any atom is -0.497 e. The van der Waals surface area contributed by atoms with Gasteiger partial charge in [-0.1, -0.05) is 24.3 Å². The molecule has 2 fully saturated rings. The molecule has 2 N–H and O–H groups in total. The second-order valence-corrected chi connectivity index (χ2v) is 7.56. The number of rotatable bonds is 4. The molecule has 6 heteroatoms. The van der Waals surface area contributed by atoms with Crippen LogP contribution in [-0.2, 0) is 4.79 Å². The number of hydrogen-bond acceptors (Lipinski definition) is 5. The number of carbonyl (C=O) groups is 1. The van der Waals surface area contributed by atoms with E-state index < -0.39 is 0 Å². The quantitative estimate of drug-likeness (QED) is 0.852. The highest BCUT2D eigenvalue weighted by atomic mass is 16.5. The van der Waals surface area contributed by atoms with Crippen LogP contribution < -0.4 is 20.5 Å². The molecule has 2 aromatic carbocycles. The van der Waals surface area contributed by atoms with Crippen LogP contribution in [-0.4, -0.2) is 50.1 Å². The molecule has 4 rings (SSSR count). The van der Waals surface area contributed by atoms with Gasteiger partial charge in [-0.15, -0.1) is 0 Å². The van der Waals surface area contributed by atoms with Crippen LogP contribution in [0.1, 0.15) is 23.6 Å². The zero-order valence-electron chi connectivity index (χ0n) is 16.5. The van der Waals surface area contributed by atoms with Crippen LogP contribution in [0, 0.1) is 6.92 Å². The molecule has 0 aromatic heterocycles. The molecule has 0 bridgehead atoms. The van der Waals surface area contributed by atoms with E-state index in [9.17, 15) is 4.79 Å². The molecule has 1 amide bonds. The second kappa shape index (κ2) is 8.20. The van der Waals surface area contributed by atoms with E-state index in [4.69, 9.17) is 4.74 Å². The molecule has 2 saturated heterocycles. The maximum Gasteiger partial charge on any atom is 0.241 e. The lowest BCUT2D eigenvalue weighted by Crippen LogP contribution is -2.53. The number of piperazine rings is 1. The van der Waals surface area contributed by atoms with Gasteiger partial charge in [-0.3, -0.25) is 4.79 Å². The lowest BCUT2D eigenvalue weighted by atomic mass is 10.0. The van der Waals surface area contributed by atoms with E-state index in [0.29, 0.717) is 0 Å². The first-order valence-corrected chi connectivity index (χ1v) is 9.89. The Morgan fingerprint density at radius 3 is 2.57 bits per heavy atom. The van der Waals surface area contributed by atoms with E-state index in [-0.39, 0.29) is 18.0 Å². The average Bonchev–Trinajstić information content (AvgIpc) is 3.24. The highest BCUT2D eigenvalue weighted by molar-refractivity contribution is 5.82. The summed E-state index contributed by atoms with van der Waals surface area (Å²) in [6.07, 6.45) is 0.740. The van der Waals surface area contributed by atoms with E-state index in [0.717, 1.165) is 43.9 Å². The van der Waals surface area contributed by atoms with Crippen LogP contribution in [0.4, 0.5) is 5.69 Å². The molecule has 6 nitrogen and oxygen atoms in total. The van der Waals surface area contributed by atoms with Gasteiger partial charge >= 0.3 is 0 Å². The fourth-order valence-electron chi connectivity index (χ4n) is 4.03. The summed E-state index contributed by atoms with van der Waals surface area (Å²) >= 11 is 0. The smallest absolute Gasteiger partial charge is 0.241 e. The molecule has 2 aliphatic rings. The number of nitrogens with zero attached hydrogens (tertiary/aromatic N) is 2. The second-order valence-electron chi connectivity index (χ2n) is 7.56. The zero-order valence-corrected chi connectivity index (χ0v) is 16.5. The molecule has 28 heavy (non-hydrogen) atoms. The molecule has 2 aliphatic heterocycles. The van der Waals surface area contributed by atoms with Crippen molar-refractivity contribution in [2.75, 3.05) is 38.2 Å². The zero-order chi connectivity index (χ0) is 19.5. The summed E-state index contributed by atoms with van der Waals surface area (Å²) in [6.45, 7) is 5.37. The number of anilines is 1. The minimum atomic E-state index is -0.193. The summed E-state index contributed by atoms with van der Waals surface area (Å²) in [5.74, 6) is 1.02. The third kappa shape index (κ3) is 3.98. The molecule has 2 heterocycles. The normalized spacial score (nSPS) is 22.4. The predicted molar refractivity (Wildman–Crippen MR) is 110 cm³/mol. The lowest BCUT2D eigenvalue weighted by Gasteiger charge is -2.37. The van der Waals surface area contributed by atoms with Crippen LogP contribution in [0.15, 0.2) is 48.5 Å². The number of nitrogens with one attached hydrogen (secondary N) is 2. The van der Waals surface area contributed by atoms with Crippen LogP contribution in [0.5, 0.6) is 5.75 Å². The molecule has 0 aliphatic carbocycles. The molecule has 0 saturated carbocycles. The summed E-state index contributed by atoms with van der Waals surface area (Å²) < 4.78 is 5.31. The van der Waals surface area contributed by atoms with E-state index in [1.165, 1.54) is 11.3 Å². The number of amides is 1. The van der Waals surface area contributed by atoms with Gasteiger partial charge in [0.1, 0.15) is 11.8 Å². The Balaban J connectivity index is 1.33. The van der Waals surface area contributed by atoms with Crippen molar-refractivity contribution in [3.8, 4) is 5.75 Å². The molecule has 148 valence electrons. The van der Waals surface area contributed by atoms with Gasteiger partial charge in [0, 0.05) is 37.9 Å². The summed E-state index contributed by atoms with van der Waals surface area (Å²) in [6, 6.07) is 16.5. The van der Waals surface area contributed by atoms with E-state index in [1.807, 2.05) is 23.1 Å². The number of aryl methyl sites for hydroxylation is 1. The van der Waals surface area contributed by atoms with Crippen molar-refractivity contribution in [1.29, 1.82) is 0 Å². The molecular weight excluding hydrogens is 352 g/mol. The van der Waals surface area contributed by atoms with Gasteiger partial charge in [-0.25, -0.2) is 10.9 Å². The first kappa shape index (κ1) is 18.8. The minimum absolute atomic E-state index is 0.109. The van der Waals surface area contributed by atoms with Gasteiger partial charge in [-0.05, 0) is 48.7 Å². The summed E-state index contributed by atoms with van der Waals surface area (Å²) in [5, 5.41) is 0. The van der Waals surface area contributed by atoms with E-state index in [1.54, 1.807) is 7.11 Å². The molecule has 2 atom stereocenters. The van der Waals surface area contributed by atoms with E-state index in [2.05, 4.69) is 53.0 Å². The fraction of sp³-hybridized carbons (Fsp3) is 0.409.